The van der Waals surface area contributed by atoms with Gasteiger partial charge in [-0.05, 0) is 65.3 Å². The van der Waals surface area contributed by atoms with E-state index >= 15 is 0 Å². The van der Waals surface area contributed by atoms with Crippen LogP contribution in [0.5, 0.6) is 0 Å². The summed E-state index contributed by atoms with van der Waals surface area (Å²) in [6.45, 7) is 10.0. The van der Waals surface area contributed by atoms with E-state index in [9.17, 15) is 9.90 Å². The van der Waals surface area contributed by atoms with E-state index in [2.05, 4.69) is 70.4 Å². The van der Waals surface area contributed by atoms with Crippen LogP contribution in [0.15, 0.2) is 53.3 Å². The SMILES string of the molecule is Cc1cc(C)c2[nH]c(=O)c(CN(CCCO)C(c3nnnn3Cc3ccccc3)C(C)C)cc2c1. The molecule has 0 fully saturated rings. The standard InChI is InChI=1S/C27H34N6O2/c1-18(2)25(26-29-30-31-33(26)16-21-9-6-5-7-10-21)32(11-8-12-34)17-23-15-22-14-19(3)13-20(4)24(22)28-27(23)35/h5-7,9-10,13-15,18,25,34H,8,11-12,16-17H2,1-4H3,(H,28,35). The van der Waals surface area contributed by atoms with Crippen LogP contribution >= 0.6 is 0 Å². The minimum atomic E-state index is -0.130. The molecule has 2 aromatic heterocycles. The Morgan fingerprint density at radius 3 is 2.60 bits per heavy atom. The first-order chi connectivity index (χ1) is 16.9. The van der Waals surface area contributed by atoms with Gasteiger partial charge < -0.3 is 10.1 Å². The summed E-state index contributed by atoms with van der Waals surface area (Å²) in [5.41, 5.74) is 4.80. The van der Waals surface area contributed by atoms with Gasteiger partial charge in [-0.2, -0.15) is 0 Å². The van der Waals surface area contributed by atoms with Crippen molar-refractivity contribution < 1.29 is 5.11 Å². The van der Waals surface area contributed by atoms with Gasteiger partial charge in [0.1, 0.15) is 0 Å². The van der Waals surface area contributed by atoms with Crippen molar-refractivity contribution in [2.75, 3.05) is 13.2 Å². The number of benzene rings is 2. The lowest BCUT2D eigenvalue weighted by molar-refractivity contribution is 0.122. The summed E-state index contributed by atoms with van der Waals surface area (Å²) in [7, 11) is 0. The van der Waals surface area contributed by atoms with Gasteiger partial charge in [0.2, 0.25) is 0 Å². The second-order valence-corrected chi connectivity index (χ2v) is 9.59. The van der Waals surface area contributed by atoms with Crippen molar-refractivity contribution in [3.05, 3.63) is 87.0 Å². The third kappa shape index (κ3) is 5.66. The molecular formula is C27H34N6O2. The van der Waals surface area contributed by atoms with Crippen LogP contribution in [0.2, 0.25) is 0 Å². The molecule has 0 saturated carbocycles. The predicted molar refractivity (Wildman–Crippen MR) is 137 cm³/mol. The fourth-order valence-electron chi connectivity index (χ4n) is 4.83. The maximum atomic E-state index is 13.1. The zero-order valence-electron chi connectivity index (χ0n) is 20.9. The third-order valence-corrected chi connectivity index (χ3v) is 6.37. The van der Waals surface area contributed by atoms with Crippen molar-refractivity contribution in [2.45, 2.75) is 53.2 Å². The average Bonchev–Trinajstić information content (AvgIpc) is 3.26. The van der Waals surface area contributed by atoms with Crippen LogP contribution in [-0.2, 0) is 13.1 Å². The summed E-state index contributed by atoms with van der Waals surface area (Å²) >= 11 is 0. The van der Waals surface area contributed by atoms with E-state index in [0.717, 1.165) is 33.4 Å². The molecule has 8 nitrogen and oxygen atoms in total. The molecule has 2 aromatic carbocycles. The molecule has 8 heteroatoms. The average molecular weight is 475 g/mol. The number of hydrogen-bond donors (Lipinski definition) is 2. The van der Waals surface area contributed by atoms with E-state index in [0.29, 0.717) is 31.6 Å². The highest BCUT2D eigenvalue weighted by atomic mass is 16.3. The summed E-state index contributed by atoms with van der Waals surface area (Å²) in [6.07, 6.45) is 0.590. The van der Waals surface area contributed by atoms with Gasteiger partial charge >= 0.3 is 0 Å². The molecular weight excluding hydrogens is 440 g/mol. The van der Waals surface area contributed by atoms with Crippen molar-refractivity contribution in [3.8, 4) is 0 Å². The molecule has 0 spiro atoms. The number of aliphatic hydroxyl groups excluding tert-OH is 1. The highest BCUT2D eigenvalue weighted by Gasteiger charge is 2.29. The van der Waals surface area contributed by atoms with Crippen molar-refractivity contribution in [2.24, 2.45) is 5.92 Å². The number of rotatable bonds is 10. The van der Waals surface area contributed by atoms with Crippen LogP contribution in [0, 0.1) is 19.8 Å². The largest absolute Gasteiger partial charge is 0.396 e. The summed E-state index contributed by atoms with van der Waals surface area (Å²) in [5, 5.41) is 23.3. The monoisotopic (exact) mass is 474 g/mol. The minimum Gasteiger partial charge on any atom is -0.396 e. The molecule has 0 bridgehead atoms. The molecule has 4 aromatic rings. The summed E-state index contributed by atoms with van der Waals surface area (Å²) < 4.78 is 1.84. The highest BCUT2D eigenvalue weighted by molar-refractivity contribution is 5.82. The predicted octanol–water partition coefficient (Wildman–Crippen LogP) is 3.76. The molecule has 184 valence electrons. The summed E-state index contributed by atoms with van der Waals surface area (Å²) in [6, 6.07) is 16.1. The van der Waals surface area contributed by atoms with Crippen LogP contribution in [0.25, 0.3) is 10.9 Å². The van der Waals surface area contributed by atoms with Crippen LogP contribution in [0.4, 0.5) is 0 Å². The number of tetrazole rings is 1. The third-order valence-electron chi connectivity index (χ3n) is 6.37. The molecule has 0 aliphatic carbocycles. The number of aryl methyl sites for hydroxylation is 2. The van der Waals surface area contributed by atoms with Crippen molar-refractivity contribution in [1.82, 2.24) is 30.1 Å². The topological polar surface area (TPSA) is 99.9 Å². The lowest BCUT2D eigenvalue weighted by Gasteiger charge is -2.33. The van der Waals surface area contributed by atoms with E-state index in [1.165, 1.54) is 0 Å². The number of nitrogens with zero attached hydrogens (tertiary/aromatic N) is 5. The van der Waals surface area contributed by atoms with E-state index < -0.39 is 0 Å². The van der Waals surface area contributed by atoms with Gasteiger partial charge in [-0.25, -0.2) is 4.68 Å². The van der Waals surface area contributed by atoms with Crippen LogP contribution in [-0.4, -0.2) is 48.3 Å². The van der Waals surface area contributed by atoms with E-state index in [4.69, 9.17) is 0 Å². The Morgan fingerprint density at radius 2 is 1.89 bits per heavy atom. The Morgan fingerprint density at radius 1 is 1.11 bits per heavy atom. The van der Waals surface area contributed by atoms with Gasteiger partial charge in [-0.3, -0.25) is 9.69 Å². The molecule has 35 heavy (non-hydrogen) atoms. The fourth-order valence-corrected chi connectivity index (χ4v) is 4.83. The molecule has 0 amide bonds. The zero-order valence-corrected chi connectivity index (χ0v) is 20.9. The smallest absolute Gasteiger partial charge is 0.252 e. The maximum absolute atomic E-state index is 13.1. The molecule has 0 saturated heterocycles. The van der Waals surface area contributed by atoms with Gasteiger partial charge in [0.15, 0.2) is 5.82 Å². The van der Waals surface area contributed by atoms with E-state index in [1.54, 1.807) is 0 Å². The molecule has 1 unspecified atom stereocenters. The number of aliphatic hydroxyl groups is 1. The second-order valence-electron chi connectivity index (χ2n) is 9.59. The minimum absolute atomic E-state index is 0.0722. The number of aromatic nitrogens is 5. The van der Waals surface area contributed by atoms with Gasteiger partial charge in [-0.1, -0.05) is 55.8 Å². The first-order valence-electron chi connectivity index (χ1n) is 12.2. The Balaban J connectivity index is 1.71. The van der Waals surface area contributed by atoms with Gasteiger partial charge in [0, 0.05) is 25.3 Å². The molecule has 1 atom stereocenters. The van der Waals surface area contributed by atoms with Crippen molar-refractivity contribution in [3.63, 3.8) is 0 Å². The van der Waals surface area contributed by atoms with Gasteiger partial charge in [-0.15, -0.1) is 5.10 Å². The molecule has 0 aliphatic heterocycles. The number of hydrogen-bond acceptors (Lipinski definition) is 6. The zero-order chi connectivity index (χ0) is 24.9. The van der Waals surface area contributed by atoms with E-state index in [-0.39, 0.29) is 24.1 Å². The highest BCUT2D eigenvalue weighted by Crippen LogP contribution is 2.29. The lowest BCUT2D eigenvalue weighted by atomic mass is 9.99. The summed E-state index contributed by atoms with van der Waals surface area (Å²) in [5.74, 6) is 0.934. The lowest BCUT2D eigenvalue weighted by Crippen LogP contribution is -2.36. The van der Waals surface area contributed by atoms with Crippen molar-refractivity contribution >= 4 is 10.9 Å². The van der Waals surface area contributed by atoms with Crippen LogP contribution < -0.4 is 5.56 Å². The molecule has 4 rings (SSSR count). The number of pyridine rings is 1. The normalized spacial score (nSPS) is 12.7. The Hall–Kier alpha value is -3.36. The second kappa shape index (κ2) is 10.9. The van der Waals surface area contributed by atoms with Crippen LogP contribution in [0.1, 0.15) is 54.4 Å². The number of nitrogens with one attached hydrogen (secondary N) is 1. The Kier molecular flexibility index (Phi) is 7.73. The van der Waals surface area contributed by atoms with Gasteiger partial charge in [0.05, 0.1) is 18.1 Å². The number of aromatic amines is 1. The maximum Gasteiger partial charge on any atom is 0.252 e. The van der Waals surface area contributed by atoms with Crippen LogP contribution in [0.3, 0.4) is 0 Å². The van der Waals surface area contributed by atoms with Crippen molar-refractivity contribution in [1.29, 1.82) is 0 Å². The number of H-pyrrole nitrogens is 1. The van der Waals surface area contributed by atoms with Gasteiger partial charge in [0.25, 0.3) is 5.56 Å². The molecule has 2 N–H and O–H groups in total. The Labute approximate surface area is 205 Å². The molecule has 0 aliphatic rings. The Bertz CT molecular complexity index is 1330. The molecule has 0 radical (unpaired) electrons. The first-order valence-corrected chi connectivity index (χ1v) is 12.2. The fraction of sp³-hybridized carbons (Fsp3) is 0.407. The quantitative estimate of drug-likeness (QED) is 0.363. The molecule has 2 heterocycles. The first kappa shape index (κ1) is 24.8. The summed E-state index contributed by atoms with van der Waals surface area (Å²) in [4.78, 5) is 18.4. The van der Waals surface area contributed by atoms with E-state index in [1.807, 2.05) is 35.9 Å². The number of fused-ring (bicyclic) bond motifs is 1.